The van der Waals surface area contributed by atoms with E-state index in [9.17, 15) is 4.79 Å². The van der Waals surface area contributed by atoms with Crippen LogP contribution in [-0.4, -0.2) is 61.4 Å². The zero-order valence-electron chi connectivity index (χ0n) is 26.3. The number of nitrogens with zero attached hydrogens (tertiary/aromatic N) is 2. The Bertz CT molecular complexity index is 1050. The summed E-state index contributed by atoms with van der Waals surface area (Å²) in [5.41, 5.74) is 5.79. The molecule has 6 heteroatoms. The van der Waals surface area contributed by atoms with Crippen LogP contribution in [0, 0.1) is 0 Å². The second kappa shape index (κ2) is 17.8. The predicted molar refractivity (Wildman–Crippen MR) is 168 cm³/mol. The third kappa shape index (κ3) is 12.1. The number of benzene rings is 1. The number of amides is 1. The first kappa shape index (κ1) is 33.4. The Labute approximate surface area is 243 Å². The Balaban J connectivity index is 2.11. The minimum Gasteiger partial charge on any atom is -0.489 e. The molecule has 0 aliphatic carbocycles. The lowest BCUT2D eigenvalue weighted by Gasteiger charge is -2.24. The molecule has 0 saturated carbocycles. The Morgan fingerprint density at radius 1 is 0.825 bits per heavy atom. The summed E-state index contributed by atoms with van der Waals surface area (Å²) in [6, 6.07) is 5.60. The fourth-order valence-corrected chi connectivity index (χ4v) is 4.64. The Hall–Kier alpha value is -2.83. The van der Waals surface area contributed by atoms with Crippen molar-refractivity contribution in [3.8, 4) is 11.5 Å². The third-order valence-electron chi connectivity index (χ3n) is 7.06. The van der Waals surface area contributed by atoms with Crippen LogP contribution in [0.3, 0.4) is 0 Å². The van der Waals surface area contributed by atoms with Crippen molar-refractivity contribution in [3.05, 3.63) is 70.4 Å². The van der Waals surface area contributed by atoms with Gasteiger partial charge in [-0.05, 0) is 91.5 Å². The van der Waals surface area contributed by atoms with Crippen molar-refractivity contribution >= 4 is 5.91 Å². The average molecular weight is 552 g/mol. The van der Waals surface area contributed by atoms with Gasteiger partial charge in [0.15, 0.2) is 0 Å². The predicted octanol–water partition coefficient (Wildman–Crippen LogP) is 7.50. The SMILES string of the molecule is CCN1CC(NC(=O)c2ccc(OCC=C(C)CCC=C(C)C)cc2OCC=C(C)CCC=C(C)C)CN1CC. The Morgan fingerprint density at radius 2 is 1.35 bits per heavy atom. The van der Waals surface area contributed by atoms with Gasteiger partial charge in [-0.2, -0.15) is 0 Å². The van der Waals surface area contributed by atoms with Gasteiger partial charge in [-0.15, -0.1) is 0 Å². The number of carbonyl (C=O) groups excluding carboxylic acids is 1. The average Bonchev–Trinajstić information content (AvgIpc) is 3.30. The summed E-state index contributed by atoms with van der Waals surface area (Å²) < 4.78 is 12.2. The highest BCUT2D eigenvalue weighted by molar-refractivity contribution is 5.97. The van der Waals surface area contributed by atoms with Gasteiger partial charge in [0, 0.05) is 32.2 Å². The van der Waals surface area contributed by atoms with E-state index in [1.165, 1.54) is 22.3 Å². The maximum atomic E-state index is 13.4. The standard InChI is InChI=1S/C34H53N3O3/c1-9-36-24-30(25-37(36)10-2)35-34(38)32-18-17-31(39-21-19-28(7)15-11-13-26(3)4)23-33(32)40-22-20-29(8)16-12-14-27(5)6/h13-14,17-20,23,30H,9-12,15-16,21-22,24-25H2,1-8H3,(H,35,38). The van der Waals surface area contributed by atoms with Crippen molar-refractivity contribution in [1.82, 2.24) is 15.3 Å². The summed E-state index contributed by atoms with van der Waals surface area (Å²) in [6.07, 6.45) is 12.8. The van der Waals surface area contributed by atoms with Crippen LogP contribution in [0.4, 0.5) is 0 Å². The van der Waals surface area contributed by atoms with E-state index in [1.54, 1.807) is 0 Å². The molecule has 1 fully saturated rings. The second-order valence-corrected chi connectivity index (χ2v) is 11.2. The van der Waals surface area contributed by atoms with Gasteiger partial charge in [-0.1, -0.05) is 48.3 Å². The zero-order valence-corrected chi connectivity index (χ0v) is 26.3. The maximum Gasteiger partial charge on any atom is 0.255 e. The lowest BCUT2D eigenvalue weighted by Crippen LogP contribution is -2.38. The molecule has 1 N–H and O–H groups in total. The summed E-state index contributed by atoms with van der Waals surface area (Å²) >= 11 is 0. The first-order valence-electron chi connectivity index (χ1n) is 14.9. The van der Waals surface area contributed by atoms with E-state index in [-0.39, 0.29) is 11.9 Å². The zero-order chi connectivity index (χ0) is 29.5. The van der Waals surface area contributed by atoms with Gasteiger partial charge in [-0.3, -0.25) is 4.79 Å². The molecule has 0 unspecified atom stereocenters. The Morgan fingerprint density at radius 3 is 1.85 bits per heavy atom. The van der Waals surface area contributed by atoms with E-state index < -0.39 is 0 Å². The molecular weight excluding hydrogens is 498 g/mol. The largest absolute Gasteiger partial charge is 0.489 e. The monoisotopic (exact) mass is 551 g/mol. The minimum atomic E-state index is -0.111. The second-order valence-electron chi connectivity index (χ2n) is 11.2. The first-order chi connectivity index (χ1) is 19.1. The molecule has 2 rings (SSSR count). The van der Waals surface area contributed by atoms with Crippen molar-refractivity contribution in [2.45, 2.75) is 87.1 Å². The van der Waals surface area contributed by atoms with Crippen molar-refractivity contribution in [1.29, 1.82) is 0 Å². The molecule has 1 amide bonds. The number of hydrogen-bond donors (Lipinski definition) is 1. The van der Waals surface area contributed by atoms with Crippen LogP contribution in [0.5, 0.6) is 11.5 Å². The van der Waals surface area contributed by atoms with Gasteiger partial charge in [0.05, 0.1) is 11.6 Å². The third-order valence-corrected chi connectivity index (χ3v) is 7.06. The van der Waals surface area contributed by atoms with E-state index in [0.29, 0.717) is 30.3 Å². The minimum absolute atomic E-state index is 0.0767. The lowest BCUT2D eigenvalue weighted by atomic mass is 10.1. The van der Waals surface area contributed by atoms with Crippen LogP contribution in [0.1, 0.15) is 91.4 Å². The summed E-state index contributed by atoms with van der Waals surface area (Å²) in [5, 5.41) is 7.81. The molecule has 1 aromatic carbocycles. The molecule has 0 spiro atoms. The van der Waals surface area contributed by atoms with E-state index in [0.717, 1.165) is 51.9 Å². The quantitative estimate of drug-likeness (QED) is 0.216. The van der Waals surface area contributed by atoms with Crippen LogP contribution < -0.4 is 14.8 Å². The molecule has 1 saturated heterocycles. The van der Waals surface area contributed by atoms with E-state index >= 15 is 0 Å². The summed E-state index contributed by atoms with van der Waals surface area (Å²) in [5.74, 6) is 1.13. The molecule has 0 bridgehead atoms. The fourth-order valence-electron chi connectivity index (χ4n) is 4.64. The molecule has 0 atom stereocenters. The molecule has 40 heavy (non-hydrogen) atoms. The lowest BCUT2D eigenvalue weighted by molar-refractivity contribution is 0.0388. The molecule has 1 aliphatic rings. The van der Waals surface area contributed by atoms with Gasteiger partial charge < -0.3 is 14.8 Å². The number of ether oxygens (including phenoxy) is 2. The summed E-state index contributed by atoms with van der Waals surface area (Å²) in [4.78, 5) is 13.4. The van der Waals surface area contributed by atoms with E-state index in [4.69, 9.17) is 9.47 Å². The van der Waals surface area contributed by atoms with Gasteiger partial charge in [0.2, 0.25) is 0 Å². The topological polar surface area (TPSA) is 54.0 Å². The van der Waals surface area contributed by atoms with Crippen LogP contribution in [0.15, 0.2) is 64.8 Å². The number of rotatable bonds is 16. The summed E-state index contributed by atoms with van der Waals surface area (Å²) in [7, 11) is 0. The number of likely N-dealkylation sites (N-methyl/N-ethyl adjacent to an activating group) is 2. The number of carbonyl (C=O) groups is 1. The first-order valence-corrected chi connectivity index (χ1v) is 14.9. The van der Waals surface area contributed by atoms with Crippen LogP contribution in [0.2, 0.25) is 0 Å². The smallest absolute Gasteiger partial charge is 0.255 e. The van der Waals surface area contributed by atoms with E-state index in [1.807, 2.05) is 18.2 Å². The Kier molecular flexibility index (Phi) is 14.8. The molecule has 1 heterocycles. The molecule has 1 aromatic rings. The van der Waals surface area contributed by atoms with Crippen molar-refractivity contribution in [2.75, 3.05) is 39.4 Å². The molecule has 6 nitrogen and oxygen atoms in total. The molecular formula is C34H53N3O3. The number of hydrazine groups is 1. The number of allylic oxidation sites excluding steroid dienone is 6. The van der Waals surface area contributed by atoms with Crippen LogP contribution >= 0.6 is 0 Å². The number of hydrogen-bond acceptors (Lipinski definition) is 5. The molecule has 1 aliphatic heterocycles. The molecule has 0 aromatic heterocycles. The van der Waals surface area contributed by atoms with Gasteiger partial charge in [-0.25, -0.2) is 10.0 Å². The van der Waals surface area contributed by atoms with Crippen molar-refractivity contribution in [2.24, 2.45) is 0 Å². The highest BCUT2D eigenvalue weighted by Gasteiger charge is 2.29. The van der Waals surface area contributed by atoms with Gasteiger partial charge in [0.1, 0.15) is 24.7 Å². The van der Waals surface area contributed by atoms with Crippen molar-refractivity contribution in [3.63, 3.8) is 0 Å². The van der Waals surface area contributed by atoms with Crippen molar-refractivity contribution < 1.29 is 14.3 Å². The van der Waals surface area contributed by atoms with Gasteiger partial charge in [0.25, 0.3) is 5.91 Å². The van der Waals surface area contributed by atoms with Crippen LogP contribution in [-0.2, 0) is 0 Å². The highest BCUT2D eigenvalue weighted by Crippen LogP contribution is 2.26. The van der Waals surface area contributed by atoms with Gasteiger partial charge >= 0.3 is 0 Å². The highest BCUT2D eigenvalue weighted by atomic mass is 16.5. The summed E-state index contributed by atoms with van der Waals surface area (Å²) in [6.45, 7) is 21.4. The molecule has 222 valence electrons. The van der Waals surface area contributed by atoms with Crippen LogP contribution in [0.25, 0.3) is 0 Å². The normalized spacial score (nSPS) is 15.2. The maximum absolute atomic E-state index is 13.4. The van der Waals surface area contributed by atoms with E-state index in [2.05, 4.69) is 95.0 Å². The number of nitrogens with one attached hydrogen (secondary N) is 1. The molecule has 0 radical (unpaired) electrons. The fraction of sp³-hybridized carbons (Fsp3) is 0.559.